The van der Waals surface area contributed by atoms with Gasteiger partial charge in [-0.2, -0.15) is 0 Å². The Morgan fingerprint density at radius 2 is 2.07 bits per heavy atom. The van der Waals surface area contributed by atoms with Gasteiger partial charge in [0.2, 0.25) is 0 Å². The summed E-state index contributed by atoms with van der Waals surface area (Å²) in [4.78, 5) is 8.10. The molecule has 0 unspecified atom stereocenters. The van der Waals surface area contributed by atoms with E-state index in [4.69, 9.17) is 0 Å². The zero-order valence-corrected chi connectivity index (χ0v) is 8.94. The van der Waals surface area contributed by atoms with Crippen molar-refractivity contribution >= 4 is 22.4 Å². The van der Waals surface area contributed by atoms with Crippen LogP contribution in [0.2, 0.25) is 0 Å². The number of nitrogens with one attached hydrogen (secondary N) is 1. The Morgan fingerprint density at radius 3 is 2.86 bits per heavy atom. The number of imidazole rings is 1. The van der Waals surface area contributed by atoms with Crippen molar-refractivity contribution in [1.82, 2.24) is 9.97 Å². The molecule has 3 rings (SSSR count). The lowest BCUT2D eigenvalue weighted by Crippen LogP contribution is -2.05. The van der Waals surface area contributed by atoms with E-state index in [-0.39, 0.29) is 0 Å². The molecule has 2 aromatic rings. The van der Waals surface area contributed by atoms with Crippen molar-refractivity contribution in [2.45, 2.75) is 38.0 Å². The molecule has 1 N–H and O–H groups in total. The quantitative estimate of drug-likeness (QED) is 0.757. The van der Waals surface area contributed by atoms with Crippen molar-refractivity contribution in [3.8, 4) is 0 Å². The lowest BCUT2D eigenvalue weighted by atomic mass is 9.89. The topological polar surface area (TPSA) is 28.7 Å². The van der Waals surface area contributed by atoms with Gasteiger partial charge >= 0.3 is 0 Å². The van der Waals surface area contributed by atoms with E-state index in [1.807, 2.05) is 0 Å². The molecule has 14 heavy (non-hydrogen) atoms. The van der Waals surface area contributed by atoms with Gasteiger partial charge in [0.1, 0.15) is 5.82 Å². The van der Waals surface area contributed by atoms with Gasteiger partial charge in [-0.25, -0.2) is 4.98 Å². The fourth-order valence-electron chi connectivity index (χ4n) is 2.34. The van der Waals surface area contributed by atoms with E-state index in [1.54, 1.807) is 11.3 Å². The van der Waals surface area contributed by atoms with Crippen LogP contribution < -0.4 is 0 Å². The van der Waals surface area contributed by atoms with E-state index in [9.17, 15) is 0 Å². The Bertz CT molecular complexity index is 395. The summed E-state index contributed by atoms with van der Waals surface area (Å²) in [5, 5.41) is 4.27. The molecule has 0 radical (unpaired) electrons. The highest BCUT2D eigenvalue weighted by atomic mass is 32.1. The smallest absolute Gasteiger partial charge is 0.110 e. The van der Waals surface area contributed by atoms with Crippen LogP contribution in [0.25, 0.3) is 11.0 Å². The first kappa shape index (κ1) is 8.48. The van der Waals surface area contributed by atoms with Gasteiger partial charge in [-0.15, -0.1) is 11.3 Å². The van der Waals surface area contributed by atoms with E-state index in [0.29, 0.717) is 5.92 Å². The molecule has 0 amide bonds. The monoisotopic (exact) mass is 206 g/mol. The number of thiophene rings is 1. The van der Waals surface area contributed by atoms with Crippen molar-refractivity contribution in [2.24, 2.45) is 0 Å². The molecule has 1 aliphatic rings. The van der Waals surface area contributed by atoms with Crippen molar-refractivity contribution in [2.75, 3.05) is 0 Å². The second-order valence-corrected chi connectivity index (χ2v) is 4.87. The highest BCUT2D eigenvalue weighted by Gasteiger charge is 2.18. The number of hydrogen-bond acceptors (Lipinski definition) is 2. The lowest BCUT2D eigenvalue weighted by Gasteiger charge is -2.19. The van der Waals surface area contributed by atoms with Gasteiger partial charge in [-0.3, -0.25) is 0 Å². The van der Waals surface area contributed by atoms with Gasteiger partial charge in [0.15, 0.2) is 0 Å². The van der Waals surface area contributed by atoms with Crippen molar-refractivity contribution in [3.05, 3.63) is 16.6 Å². The summed E-state index contributed by atoms with van der Waals surface area (Å²) in [6.07, 6.45) is 6.79. The SMILES string of the molecule is c1scc2[nH]c(C3CCCCC3)nc12. The molecule has 0 bridgehead atoms. The first-order valence-corrected chi connectivity index (χ1v) is 6.29. The molecule has 3 heteroatoms. The van der Waals surface area contributed by atoms with Gasteiger partial charge in [-0.05, 0) is 12.8 Å². The first-order valence-electron chi connectivity index (χ1n) is 5.35. The first-order chi connectivity index (χ1) is 6.93. The van der Waals surface area contributed by atoms with Gasteiger partial charge in [0.05, 0.1) is 11.0 Å². The third-order valence-electron chi connectivity index (χ3n) is 3.14. The van der Waals surface area contributed by atoms with Crippen molar-refractivity contribution in [3.63, 3.8) is 0 Å². The predicted molar refractivity (Wildman–Crippen MR) is 59.8 cm³/mol. The van der Waals surface area contributed by atoms with E-state index < -0.39 is 0 Å². The Hall–Kier alpha value is -0.830. The molecule has 1 fully saturated rings. The Labute approximate surface area is 87.4 Å². The Balaban J connectivity index is 1.92. The minimum Gasteiger partial charge on any atom is -0.341 e. The molecule has 0 aliphatic heterocycles. The number of rotatable bonds is 1. The Morgan fingerprint density at radius 1 is 1.21 bits per heavy atom. The fourth-order valence-corrected chi connectivity index (χ4v) is 3.03. The Kier molecular flexibility index (Phi) is 2.05. The van der Waals surface area contributed by atoms with Crippen LogP contribution in [0.1, 0.15) is 43.8 Å². The maximum absolute atomic E-state index is 4.65. The van der Waals surface area contributed by atoms with Crippen LogP contribution in [0.5, 0.6) is 0 Å². The van der Waals surface area contributed by atoms with Crippen LogP contribution >= 0.6 is 11.3 Å². The summed E-state index contributed by atoms with van der Waals surface area (Å²) < 4.78 is 0. The zero-order valence-electron chi connectivity index (χ0n) is 8.12. The van der Waals surface area contributed by atoms with E-state index >= 15 is 0 Å². The molecular weight excluding hydrogens is 192 g/mol. The van der Waals surface area contributed by atoms with Crippen LogP contribution in [0.15, 0.2) is 10.8 Å². The summed E-state index contributed by atoms with van der Waals surface area (Å²) in [5.41, 5.74) is 2.37. The molecule has 74 valence electrons. The highest BCUT2D eigenvalue weighted by Crippen LogP contribution is 2.32. The van der Waals surface area contributed by atoms with Gasteiger partial charge in [0.25, 0.3) is 0 Å². The summed E-state index contributed by atoms with van der Waals surface area (Å²) in [7, 11) is 0. The van der Waals surface area contributed by atoms with Crippen LogP contribution in [-0.4, -0.2) is 9.97 Å². The summed E-state index contributed by atoms with van der Waals surface area (Å²) in [6, 6.07) is 0. The molecule has 1 aliphatic carbocycles. The standard InChI is InChI=1S/C11H14N2S/c1-2-4-8(5-3-1)11-12-9-6-14-7-10(9)13-11/h6-8H,1-5H2,(H,12,13). The maximum atomic E-state index is 4.65. The third kappa shape index (κ3) is 1.36. The van der Waals surface area contributed by atoms with Gasteiger partial charge < -0.3 is 4.98 Å². The lowest BCUT2D eigenvalue weighted by molar-refractivity contribution is 0.431. The van der Waals surface area contributed by atoms with E-state index in [2.05, 4.69) is 20.7 Å². The molecule has 0 spiro atoms. The molecular formula is C11H14N2S. The van der Waals surface area contributed by atoms with Crippen LogP contribution in [0.4, 0.5) is 0 Å². The maximum Gasteiger partial charge on any atom is 0.110 e. The van der Waals surface area contributed by atoms with Crippen LogP contribution in [0.3, 0.4) is 0 Å². The minimum atomic E-state index is 0.696. The molecule has 1 saturated carbocycles. The third-order valence-corrected chi connectivity index (χ3v) is 3.87. The van der Waals surface area contributed by atoms with Crippen LogP contribution in [-0.2, 0) is 0 Å². The van der Waals surface area contributed by atoms with E-state index in [0.717, 1.165) is 5.52 Å². The van der Waals surface area contributed by atoms with Gasteiger partial charge in [0, 0.05) is 16.7 Å². The summed E-state index contributed by atoms with van der Waals surface area (Å²) in [6.45, 7) is 0. The normalized spacial score (nSPS) is 19.1. The number of H-pyrrole nitrogens is 1. The fraction of sp³-hybridized carbons (Fsp3) is 0.545. The molecule has 2 heterocycles. The average Bonchev–Trinajstić information content (AvgIpc) is 2.78. The second kappa shape index (κ2) is 3.39. The van der Waals surface area contributed by atoms with Crippen molar-refractivity contribution in [1.29, 1.82) is 0 Å². The number of hydrogen-bond donors (Lipinski definition) is 1. The molecule has 0 saturated heterocycles. The molecule has 2 nitrogen and oxygen atoms in total. The number of aromatic nitrogens is 2. The zero-order chi connectivity index (χ0) is 9.38. The highest BCUT2D eigenvalue weighted by molar-refractivity contribution is 7.09. The van der Waals surface area contributed by atoms with E-state index in [1.165, 1.54) is 43.4 Å². The number of fused-ring (bicyclic) bond motifs is 1. The summed E-state index contributed by atoms with van der Waals surface area (Å²) >= 11 is 1.72. The molecule has 0 atom stereocenters. The predicted octanol–water partition coefficient (Wildman–Crippen LogP) is 3.67. The number of nitrogens with zero attached hydrogens (tertiary/aromatic N) is 1. The molecule has 2 aromatic heterocycles. The average molecular weight is 206 g/mol. The second-order valence-electron chi connectivity index (χ2n) is 4.13. The largest absolute Gasteiger partial charge is 0.341 e. The van der Waals surface area contributed by atoms with Crippen molar-refractivity contribution < 1.29 is 0 Å². The number of aromatic amines is 1. The summed E-state index contributed by atoms with van der Waals surface area (Å²) in [5.74, 6) is 1.92. The minimum absolute atomic E-state index is 0.696. The van der Waals surface area contributed by atoms with Crippen LogP contribution in [0, 0.1) is 0 Å². The molecule has 0 aromatic carbocycles. The van der Waals surface area contributed by atoms with Gasteiger partial charge in [-0.1, -0.05) is 19.3 Å².